The lowest BCUT2D eigenvalue weighted by Crippen LogP contribution is -2.38. The molecule has 32 heavy (non-hydrogen) atoms. The average Bonchev–Trinajstić information content (AvgIpc) is 3.19. The third-order valence-corrected chi connectivity index (χ3v) is 4.52. The number of carbonyl (C=O) groups excluding carboxylic acids is 1. The number of aromatic hydroxyl groups is 1. The van der Waals surface area contributed by atoms with E-state index in [0.717, 1.165) is 16.7 Å². The van der Waals surface area contributed by atoms with E-state index in [1.54, 1.807) is 18.2 Å². The molecule has 1 atom stereocenters. The number of furan rings is 1. The molecule has 172 valence electrons. The molecule has 2 aromatic carbocycles. The predicted octanol–water partition coefficient (Wildman–Crippen LogP) is 2.83. The van der Waals surface area contributed by atoms with Crippen LogP contribution in [0.15, 0.2) is 52.9 Å². The fourth-order valence-electron chi connectivity index (χ4n) is 2.94. The van der Waals surface area contributed by atoms with Gasteiger partial charge in [-0.15, -0.1) is 0 Å². The molecular weight excluding hydrogens is 414 g/mol. The quantitative estimate of drug-likeness (QED) is 0.215. The first kappa shape index (κ1) is 23.4. The van der Waals surface area contributed by atoms with Crippen molar-refractivity contribution in [3.05, 3.63) is 54.3 Å². The monoisotopic (exact) mass is 443 g/mol. The van der Waals surface area contributed by atoms with Crippen LogP contribution in [0, 0.1) is 0 Å². The Balaban J connectivity index is 1.30. The molecule has 0 aliphatic carbocycles. The number of urea groups is 1. The van der Waals surface area contributed by atoms with Gasteiger partial charge in [0.05, 0.1) is 0 Å². The van der Waals surface area contributed by atoms with Gasteiger partial charge in [-0.1, -0.05) is 0 Å². The molecule has 0 saturated heterocycles. The summed E-state index contributed by atoms with van der Waals surface area (Å²) in [5.74, 6) is 1.54. The average molecular weight is 444 g/mol. The molecule has 1 heterocycles. The summed E-state index contributed by atoms with van der Waals surface area (Å²) < 4.78 is 16.7. The van der Waals surface area contributed by atoms with Crippen molar-refractivity contribution in [2.45, 2.75) is 19.6 Å². The molecule has 2 amide bonds. The maximum Gasteiger partial charge on any atom is 0.319 e. The highest BCUT2D eigenvalue weighted by Gasteiger charge is 2.08. The van der Waals surface area contributed by atoms with Crippen LogP contribution in [0.2, 0.25) is 0 Å². The van der Waals surface area contributed by atoms with Gasteiger partial charge in [0, 0.05) is 37.3 Å². The van der Waals surface area contributed by atoms with Crippen LogP contribution in [-0.4, -0.2) is 55.2 Å². The van der Waals surface area contributed by atoms with Gasteiger partial charge in [0.25, 0.3) is 0 Å². The highest BCUT2D eigenvalue weighted by atomic mass is 16.5. The predicted molar refractivity (Wildman–Crippen MR) is 121 cm³/mol. The molecule has 9 nitrogen and oxygen atoms in total. The van der Waals surface area contributed by atoms with Crippen molar-refractivity contribution in [1.82, 2.24) is 10.6 Å². The number of fused-ring (bicyclic) bond motifs is 1. The summed E-state index contributed by atoms with van der Waals surface area (Å²) in [5.41, 5.74) is 1.34. The standard InChI is InChI=1S/C23H29N3O6/c1-2-30-15-21-12-16-11-20(7-8-22(16)32-21)31-14-19(28)13-24-9-10-25-23(29)26-17-3-5-18(27)6-4-17/h3-8,11-12,19,24,27-28H,2,9-10,13-15H2,1H3,(H2,25,26,29). The molecule has 3 rings (SSSR count). The Kier molecular flexibility index (Phi) is 8.73. The van der Waals surface area contributed by atoms with Crippen LogP contribution in [0.1, 0.15) is 12.7 Å². The normalized spacial score (nSPS) is 11.9. The van der Waals surface area contributed by atoms with Gasteiger partial charge in [-0.25, -0.2) is 4.79 Å². The van der Waals surface area contributed by atoms with Gasteiger partial charge in [0.2, 0.25) is 0 Å². The molecule has 9 heteroatoms. The molecule has 0 radical (unpaired) electrons. The second kappa shape index (κ2) is 11.9. The first-order chi connectivity index (χ1) is 15.5. The second-order valence-corrected chi connectivity index (χ2v) is 7.15. The zero-order chi connectivity index (χ0) is 22.8. The van der Waals surface area contributed by atoms with Crippen molar-refractivity contribution >= 4 is 22.7 Å². The maximum absolute atomic E-state index is 11.8. The van der Waals surface area contributed by atoms with E-state index >= 15 is 0 Å². The van der Waals surface area contributed by atoms with Crippen molar-refractivity contribution in [3.8, 4) is 11.5 Å². The Morgan fingerprint density at radius 1 is 1.12 bits per heavy atom. The molecular formula is C23H29N3O6. The number of hydrogen-bond donors (Lipinski definition) is 5. The fraction of sp³-hybridized carbons (Fsp3) is 0.348. The Labute approximate surface area is 186 Å². The van der Waals surface area contributed by atoms with Crippen LogP contribution in [0.25, 0.3) is 11.0 Å². The van der Waals surface area contributed by atoms with Gasteiger partial charge in [0.1, 0.15) is 42.2 Å². The van der Waals surface area contributed by atoms with Crippen molar-refractivity contribution in [1.29, 1.82) is 0 Å². The number of phenolic OH excluding ortho intramolecular Hbond substituents is 1. The minimum Gasteiger partial charge on any atom is -0.508 e. The minimum absolute atomic E-state index is 0.136. The minimum atomic E-state index is -0.700. The zero-order valence-electron chi connectivity index (χ0n) is 18.0. The lowest BCUT2D eigenvalue weighted by molar-refractivity contribution is 0.107. The van der Waals surface area contributed by atoms with E-state index < -0.39 is 6.10 Å². The number of amides is 2. The molecule has 1 aromatic heterocycles. The zero-order valence-corrected chi connectivity index (χ0v) is 18.0. The summed E-state index contributed by atoms with van der Waals surface area (Å²) in [6, 6.07) is 13.3. The first-order valence-corrected chi connectivity index (χ1v) is 10.5. The van der Waals surface area contributed by atoms with Crippen molar-refractivity contribution in [3.63, 3.8) is 0 Å². The number of carbonyl (C=O) groups is 1. The van der Waals surface area contributed by atoms with E-state index in [2.05, 4.69) is 16.0 Å². The summed E-state index contributed by atoms with van der Waals surface area (Å²) in [5, 5.41) is 28.7. The molecule has 0 bridgehead atoms. The molecule has 0 spiro atoms. The van der Waals surface area contributed by atoms with Gasteiger partial charge in [-0.05, 0) is 55.5 Å². The van der Waals surface area contributed by atoms with Crippen LogP contribution in [0.4, 0.5) is 10.5 Å². The van der Waals surface area contributed by atoms with Crippen LogP contribution in [0.3, 0.4) is 0 Å². The number of ether oxygens (including phenoxy) is 2. The van der Waals surface area contributed by atoms with Gasteiger partial charge in [0.15, 0.2) is 0 Å². The Bertz CT molecular complexity index is 989. The van der Waals surface area contributed by atoms with E-state index in [0.29, 0.717) is 44.3 Å². The van der Waals surface area contributed by atoms with Crippen LogP contribution < -0.4 is 20.7 Å². The molecule has 5 N–H and O–H groups in total. The van der Waals surface area contributed by atoms with E-state index in [1.165, 1.54) is 12.1 Å². The molecule has 3 aromatic rings. The summed E-state index contributed by atoms with van der Waals surface area (Å²) in [6.45, 7) is 4.33. The third-order valence-electron chi connectivity index (χ3n) is 4.52. The van der Waals surface area contributed by atoms with Gasteiger partial charge in [-0.3, -0.25) is 0 Å². The maximum atomic E-state index is 11.8. The first-order valence-electron chi connectivity index (χ1n) is 10.5. The topological polar surface area (TPSA) is 125 Å². The SMILES string of the molecule is CCOCc1cc2cc(OCC(O)CNCCNC(=O)Nc3ccc(O)cc3)ccc2o1. The fourth-order valence-corrected chi connectivity index (χ4v) is 2.94. The number of nitrogens with one attached hydrogen (secondary N) is 3. The highest BCUT2D eigenvalue weighted by molar-refractivity contribution is 5.89. The van der Waals surface area contributed by atoms with Gasteiger partial charge in [-0.2, -0.15) is 0 Å². The van der Waals surface area contributed by atoms with Crippen molar-refractivity contribution in [2.75, 3.05) is 38.2 Å². The van der Waals surface area contributed by atoms with Crippen molar-refractivity contribution < 1.29 is 28.9 Å². The smallest absolute Gasteiger partial charge is 0.319 e. The molecule has 0 aliphatic heterocycles. The number of phenols is 1. The Hall–Kier alpha value is -3.27. The number of anilines is 1. The Morgan fingerprint density at radius 3 is 2.72 bits per heavy atom. The number of aliphatic hydroxyl groups is 1. The van der Waals surface area contributed by atoms with Gasteiger partial charge >= 0.3 is 6.03 Å². The van der Waals surface area contributed by atoms with E-state index in [4.69, 9.17) is 13.9 Å². The number of benzene rings is 2. The second-order valence-electron chi connectivity index (χ2n) is 7.15. The number of rotatable bonds is 12. The van der Waals surface area contributed by atoms with E-state index in [9.17, 15) is 15.0 Å². The lowest BCUT2D eigenvalue weighted by Gasteiger charge is -2.14. The summed E-state index contributed by atoms with van der Waals surface area (Å²) >= 11 is 0. The molecule has 0 saturated carbocycles. The van der Waals surface area contributed by atoms with Crippen LogP contribution in [-0.2, 0) is 11.3 Å². The van der Waals surface area contributed by atoms with Crippen LogP contribution in [0.5, 0.6) is 11.5 Å². The Morgan fingerprint density at radius 2 is 1.94 bits per heavy atom. The van der Waals surface area contributed by atoms with Crippen molar-refractivity contribution in [2.24, 2.45) is 0 Å². The third kappa shape index (κ3) is 7.45. The van der Waals surface area contributed by atoms with Gasteiger partial charge < -0.3 is 40.1 Å². The summed E-state index contributed by atoms with van der Waals surface area (Å²) in [6.07, 6.45) is -0.700. The summed E-state index contributed by atoms with van der Waals surface area (Å²) in [7, 11) is 0. The molecule has 0 aliphatic rings. The summed E-state index contributed by atoms with van der Waals surface area (Å²) in [4.78, 5) is 11.8. The largest absolute Gasteiger partial charge is 0.508 e. The van der Waals surface area contributed by atoms with E-state index in [1.807, 2.05) is 25.1 Å². The van der Waals surface area contributed by atoms with Crippen LogP contribution >= 0.6 is 0 Å². The molecule has 0 fully saturated rings. The lowest BCUT2D eigenvalue weighted by atomic mass is 10.2. The van der Waals surface area contributed by atoms with E-state index in [-0.39, 0.29) is 18.4 Å². The highest BCUT2D eigenvalue weighted by Crippen LogP contribution is 2.25. The number of aliphatic hydroxyl groups excluding tert-OH is 1. The number of hydrogen-bond acceptors (Lipinski definition) is 7. The molecule has 1 unspecified atom stereocenters.